The Kier molecular flexibility index (Phi) is 5.16. The average Bonchev–Trinajstić information content (AvgIpc) is 2.94. The first kappa shape index (κ1) is 17.6. The number of rotatable bonds is 6. The summed E-state index contributed by atoms with van der Waals surface area (Å²) in [4.78, 5) is 14.4. The average molecular weight is 364 g/mol. The molecule has 3 aromatic rings. The van der Waals surface area contributed by atoms with Crippen molar-refractivity contribution in [3.05, 3.63) is 58.6 Å². The van der Waals surface area contributed by atoms with Crippen LogP contribution in [0.15, 0.2) is 36.4 Å². The van der Waals surface area contributed by atoms with Gasteiger partial charge in [0, 0.05) is 29.1 Å². The first-order valence-electron chi connectivity index (χ1n) is 7.73. The topological polar surface area (TPSA) is 42.1 Å². The molecule has 0 aliphatic carbocycles. The van der Waals surface area contributed by atoms with Crippen molar-refractivity contribution in [2.45, 2.75) is 6.42 Å². The van der Waals surface area contributed by atoms with Gasteiger partial charge in [0.05, 0.1) is 12.1 Å². The van der Waals surface area contributed by atoms with Crippen LogP contribution >= 0.6 is 11.6 Å². The summed E-state index contributed by atoms with van der Waals surface area (Å²) in [6, 6.07) is 8.77. The molecule has 3 nitrogen and oxygen atoms in total. The molecule has 0 aliphatic rings. The summed E-state index contributed by atoms with van der Waals surface area (Å²) < 4.78 is 32.6. The minimum Gasteiger partial charge on any atom is -0.384 e. The number of aldehydes is 1. The summed E-state index contributed by atoms with van der Waals surface area (Å²) in [6.45, 7) is 0.252. The van der Waals surface area contributed by atoms with Crippen molar-refractivity contribution in [3.63, 3.8) is 0 Å². The lowest BCUT2D eigenvalue weighted by molar-refractivity contribution is -0.112. The number of nitrogens with one attached hydrogen (secondary N) is 1. The fourth-order valence-electron chi connectivity index (χ4n) is 2.97. The Hall–Kier alpha value is -2.24. The summed E-state index contributed by atoms with van der Waals surface area (Å²) in [5, 5.41) is 0.873. The summed E-state index contributed by atoms with van der Waals surface area (Å²) in [5.41, 5.74) is 2.39. The highest BCUT2D eigenvalue weighted by Gasteiger charge is 2.20. The smallest absolute Gasteiger partial charge is 0.148 e. The molecule has 0 radical (unpaired) electrons. The van der Waals surface area contributed by atoms with Crippen LogP contribution in [0.1, 0.15) is 5.56 Å². The Balaban J connectivity index is 2.20. The molecular weight excluding hydrogens is 348 g/mol. The number of carbonyl (C=O) groups is 1. The van der Waals surface area contributed by atoms with Gasteiger partial charge in [-0.05, 0) is 53.9 Å². The van der Waals surface area contributed by atoms with Crippen molar-refractivity contribution >= 4 is 28.8 Å². The van der Waals surface area contributed by atoms with E-state index in [1.165, 1.54) is 25.3 Å². The van der Waals surface area contributed by atoms with Gasteiger partial charge in [0.25, 0.3) is 0 Å². The predicted molar refractivity (Wildman–Crippen MR) is 93.8 cm³/mol. The SMILES string of the molecule is COCC(C=O)Cc1c(-c2ccc(F)cc2)[nH]c2c(F)cc(Cl)cc12. The van der Waals surface area contributed by atoms with E-state index in [2.05, 4.69) is 4.98 Å². The normalized spacial score (nSPS) is 12.5. The standard InChI is InChI=1S/C19H16ClF2NO2/c1-25-10-11(9-24)6-15-16-7-13(20)8-17(22)19(16)23-18(15)12-2-4-14(21)5-3-12/h2-5,7-9,11,23H,6,10H2,1H3. The van der Waals surface area contributed by atoms with E-state index in [1.807, 2.05) is 0 Å². The Morgan fingerprint density at radius 1 is 1.24 bits per heavy atom. The molecule has 0 bridgehead atoms. The number of aromatic amines is 1. The number of benzene rings is 2. The van der Waals surface area contributed by atoms with E-state index < -0.39 is 5.82 Å². The zero-order valence-corrected chi connectivity index (χ0v) is 14.2. The van der Waals surface area contributed by atoms with Crippen molar-refractivity contribution in [2.24, 2.45) is 5.92 Å². The lowest BCUT2D eigenvalue weighted by Crippen LogP contribution is -2.13. The number of ether oxygens (including phenoxy) is 1. The van der Waals surface area contributed by atoms with Crippen molar-refractivity contribution < 1.29 is 18.3 Å². The first-order chi connectivity index (χ1) is 12.0. The van der Waals surface area contributed by atoms with Crippen molar-refractivity contribution in [1.29, 1.82) is 0 Å². The van der Waals surface area contributed by atoms with Crippen LogP contribution in [-0.2, 0) is 16.0 Å². The molecule has 0 amide bonds. The van der Waals surface area contributed by atoms with Crippen LogP contribution in [0.3, 0.4) is 0 Å². The maximum absolute atomic E-state index is 14.3. The highest BCUT2D eigenvalue weighted by atomic mass is 35.5. The molecule has 0 spiro atoms. The van der Waals surface area contributed by atoms with Crippen molar-refractivity contribution in [1.82, 2.24) is 4.98 Å². The summed E-state index contributed by atoms with van der Waals surface area (Å²) in [6.07, 6.45) is 1.17. The molecule has 2 aromatic carbocycles. The molecule has 3 rings (SSSR count). The number of hydrogen-bond acceptors (Lipinski definition) is 2. The van der Waals surface area contributed by atoms with Crippen LogP contribution < -0.4 is 0 Å². The number of halogens is 3. The third-order valence-electron chi connectivity index (χ3n) is 4.10. The highest BCUT2D eigenvalue weighted by molar-refractivity contribution is 6.31. The molecule has 130 valence electrons. The number of methoxy groups -OCH3 is 1. The molecule has 0 aliphatic heterocycles. The van der Waals surface area contributed by atoms with E-state index in [1.54, 1.807) is 18.2 Å². The molecule has 0 saturated heterocycles. The second-order valence-corrected chi connectivity index (χ2v) is 6.29. The van der Waals surface area contributed by atoms with E-state index in [4.69, 9.17) is 16.3 Å². The fraction of sp³-hybridized carbons (Fsp3) is 0.211. The van der Waals surface area contributed by atoms with Crippen molar-refractivity contribution in [3.8, 4) is 11.3 Å². The van der Waals surface area contributed by atoms with Gasteiger partial charge in [0.2, 0.25) is 0 Å². The summed E-state index contributed by atoms with van der Waals surface area (Å²) in [5.74, 6) is -1.22. The minimum absolute atomic E-state index is 0.252. The number of carbonyl (C=O) groups excluding carboxylic acids is 1. The van der Waals surface area contributed by atoms with E-state index in [0.29, 0.717) is 28.6 Å². The van der Waals surface area contributed by atoms with Crippen LogP contribution in [-0.4, -0.2) is 25.0 Å². The highest BCUT2D eigenvalue weighted by Crippen LogP contribution is 2.35. The monoisotopic (exact) mass is 363 g/mol. The molecule has 1 heterocycles. The molecule has 0 fully saturated rings. The largest absolute Gasteiger partial charge is 0.384 e. The van der Waals surface area contributed by atoms with Crippen LogP contribution in [0, 0.1) is 17.6 Å². The molecule has 1 unspecified atom stereocenters. The predicted octanol–water partition coefficient (Wildman–Crippen LogP) is 4.77. The number of fused-ring (bicyclic) bond motifs is 1. The maximum atomic E-state index is 14.3. The third kappa shape index (κ3) is 3.57. The van der Waals surface area contributed by atoms with Gasteiger partial charge < -0.3 is 14.5 Å². The van der Waals surface area contributed by atoms with Crippen LogP contribution in [0.25, 0.3) is 22.2 Å². The van der Waals surface area contributed by atoms with Gasteiger partial charge in [-0.25, -0.2) is 8.78 Å². The number of hydrogen-bond donors (Lipinski definition) is 1. The summed E-state index contributed by atoms with van der Waals surface area (Å²) in [7, 11) is 1.52. The van der Waals surface area contributed by atoms with E-state index in [9.17, 15) is 13.6 Å². The van der Waals surface area contributed by atoms with Gasteiger partial charge in [0.15, 0.2) is 0 Å². The van der Waals surface area contributed by atoms with Crippen LogP contribution in [0.2, 0.25) is 5.02 Å². The van der Waals surface area contributed by atoms with Gasteiger partial charge in [-0.3, -0.25) is 0 Å². The molecule has 6 heteroatoms. The van der Waals surface area contributed by atoms with Crippen LogP contribution in [0.5, 0.6) is 0 Å². The maximum Gasteiger partial charge on any atom is 0.148 e. The van der Waals surface area contributed by atoms with Crippen molar-refractivity contribution in [2.75, 3.05) is 13.7 Å². The first-order valence-corrected chi connectivity index (χ1v) is 8.11. The van der Waals surface area contributed by atoms with E-state index in [0.717, 1.165) is 11.8 Å². The third-order valence-corrected chi connectivity index (χ3v) is 4.32. The Labute approximate surface area is 148 Å². The van der Waals surface area contributed by atoms with E-state index in [-0.39, 0.29) is 23.4 Å². The summed E-state index contributed by atoms with van der Waals surface area (Å²) >= 11 is 6.01. The van der Waals surface area contributed by atoms with Gasteiger partial charge in [-0.1, -0.05) is 11.6 Å². The molecule has 25 heavy (non-hydrogen) atoms. The fourth-order valence-corrected chi connectivity index (χ4v) is 3.18. The Morgan fingerprint density at radius 2 is 1.96 bits per heavy atom. The lowest BCUT2D eigenvalue weighted by atomic mass is 9.96. The molecule has 1 aromatic heterocycles. The molecule has 0 saturated carbocycles. The number of aromatic nitrogens is 1. The second-order valence-electron chi connectivity index (χ2n) is 5.85. The van der Waals surface area contributed by atoms with E-state index >= 15 is 0 Å². The molecule has 1 atom stereocenters. The Morgan fingerprint density at radius 3 is 2.60 bits per heavy atom. The quantitative estimate of drug-likeness (QED) is 0.641. The van der Waals surface area contributed by atoms with Crippen LogP contribution in [0.4, 0.5) is 8.78 Å². The number of H-pyrrole nitrogens is 1. The minimum atomic E-state index is -0.480. The van der Waals surface area contributed by atoms with Gasteiger partial charge >= 0.3 is 0 Å². The van der Waals surface area contributed by atoms with Gasteiger partial charge in [0.1, 0.15) is 17.9 Å². The molecular formula is C19H16ClF2NO2. The lowest BCUT2D eigenvalue weighted by Gasteiger charge is -2.11. The zero-order chi connectivity index (χ0) is 18.0. The molecule has 1 N–H and O–H groups in total. The van der Waals surface area contributed by atoms with Gasteiger partial charge in [-0.15, -0.1) is 0 Å². The van der Waals surface area contributed by atoms with Gasteiger partial charge in [-0.2, -0.15) is 0 Å². The Bertz CT molecular complexity index is 906. The zero-order valence-electron chi connectivity index (χ0n) is 13.5. The second kappa shape index (κ2) is 7.33.